The number of ether oxygens (including phenoxy) is 1. The molecule has 1 heterocycles. The molecule has 138 valence electrons. The standard InChI is InChI=1S/C17H24N2O5S/c1-3-12(2)19(13-8-9-25(22,23)11-13)16(20)10-24-15-7-5-4-6-14(15)17(18)21/h4-7,12-13H,3,8-11H2,1-2H3,(H2,18,21)/t12-,13-/m1/s1. The molecule has 0 radical (unpaired) electrons. The van der Waals surface area contributed by atoms with Gasteiger partial charge in [-0.05, 0) is 31.9 Å². The Hall–Kier alpha value is -2.09. The van der Waals surface area contributed by atoms with Gasteiger partial charge in [-0.25, -0.2) is 8.42 Å². The smallest absolute Gasteiger partial charge is 0.261 e. The molecular formula is C17H24N2O5S. The molecule has 2 amide bonds. The minimum absolute atomic E-state index is 0.0129. The lowest BCUT2D eigenvalue weighted by atomic mass is 10.1. The Morgan fingerprint density at radius 3 is 2.60 bits per heavy atom. The van der Waals surface area contributed by atoms with E-state index in [1.165, 1.54) is 6.07 Å². The molecule has 1 aromatic carbocycles. The second-order valence-corrected chi connectivity index (χ2v) is 8.49. The number of hydrogen-bond donors (Lipinski definition) is 1. The van der Waals surface area contributed by atoms with Gasteiger partial charge in [0.2, 0.25) is 0 Å². The van der Waals surface area contributed by atoms with Crippen molar-refractivity contribution in [2.24, 2.45) is 5.73 Å². The molecule has 0 unspecified atom stereocenters. The van der Waals surface area contributed by atoms with Crippen LogP contribution in [0.15, 0.2) is 24.3 Å². The number of sulfone groups is 1. The van der Waals surface area contributed by atoms with E-state index in [2.05, 4.69) is 0 Å². The van der Waals surface area contributed by atoms with Crippen molar-refractivity contribution in [3.05, 3.63) is 29.8 Å². The molecule has 1 aliphatic heterocycles. The van der Waals surface area contributed by atoms with Crippen molar-refractivity contribution in [3.63, 3.8) is 0 Å². The van der Waals surface area contributed by atoms with Crippen molar-refractivity contribution >= 4 is 21.7 Å². The fourth-order valence-corrected chi connectivity index (χ4v) is 4.72. The molecule has 1 aromatic rings. The topological polar surface area (TPSA) is 107 Å². The first-order chi connectivity index (χ1) is 11.7. The number of benzene rings is 1. The Morgan fingerprint density at radius 1 is 1.36 bits per heavy atom. The molecule has 0 aliphatic carbocycles. The van der Waals surface area contributed by atoms with E-state index in [-0.39, 0.29) is 47.4 Å². The second-order valence-electron chi connectivity index (χ2n) is 6.26. The molecule has 1 aliphatic rings. The lowest BCUT2D eigenvalue weighted by molar-refractivity contribution is -0.137. The molecule has 25 heavy (non-hydrogen) atoms. The molecule has 0 bridgehead atoms. The lowest BCUT2D eigenvalue weighted by Gasteiger charge is -2.33. The monoisotopic (exact) mass is 368 g/mol. The molecule has 0 spiro atoms. The van der Waals surface area contributed by atoms with Gasteiger partial charge in [0.25, 0.3) is 11.8 Å². The predicted octanol–water partition coefficient (Wildman–Crippen LogP) is 0.979. The Kier molecular flexibility index (Phi) is 6.05. The Labute approximate surface area is 148 Å². The van der Waals surface area contributed by atoms with Crippen LogP contribution in [0.2, 0.25) is 0 Å². The van der Waals surface area contributed by atoms with Crippen LogP contribution in [0.3, 0.4) is 0 Å². The maximum atomic E-state index is 12.7. The van der Waals surface area contributed by atoms with Crippen LogP contribution in [0.4, 0.5) is 0 Å². The van der Waals surface area contributed by atoms with Gasteiger partial charge in [-0.2, -0.15) is 0 Å². The first-order valence-corrected chi connectivity index (χ1v) is 10.1. The fraction of sp³-hybridized carbons (Fsp3) is 0.529. The van der Waals surface area contributed by atoms with Gasteiger partial charge in [0.15, 0.2) is 16.4 Å². The summed E-state index contributed by atoms with van der Waals surface area (Å²) in [6.07, 6.45) is 1.15. The third-order valence-corrected chi connectivity index (χ3v) is 6.21. The van der Waals surface area contributed by atoms with E-state index >= 15 is 0 Å². The van der Waals surface area contributed by atoms with Crippen LogP contribution >= 0.6 is 0 Å². The summed E-state index contributed by atoms with van der Waals surface area (Å²) in [5.74, 6) is -0.601. The Bertz CT molecular complexity index is 747. The molecule has 2 atom stereocenters. The third kappa shape index (κ3) is 4.72. The molecule has 1 saturated heterocycles. The van der Waals surface area contributed by atoms with Crippen LogP contribution < -0.4 is 10.5 Å². The lowest BCUT2D eigenvalue weighted by Crippen LogP contribution is -2.48. The van der Waals surface area contributed by atoms with E-state index in [4.69, 9.17) is 10.5 Å². The zero-order valence-electron chi connectivity index (χ0n) is 14.5. The van der Waals surface area contributed by atoms with Gasteiger partial charge in [0.1, 0.15) is 5.75 Å². The van der Waals surface area contributed by atoms with Crippen LogP contribution in [-0.2, 0) is 14.6 Å². The van der Waals surface area contributed by atoms with E-state index < -0.39 is 15.7 Å². The number of nitrogens with zero attached hydrogens (tertiary/aromatic N) is 1. The summed E-state index contributed by atoms with van der Waals surface area (Å²) < 4.78 is 29.0. The number of hydrogen-bond acceptors (Lipinski definition) is 5. The molecular weight excluding hydrogens is 344 g/mol. The average Bonchev–Trinajstić information content (AvgIpc) is 2.92. The molecule has 8 heteroatoms. The van der Waals surface area contributed by atoms with Gasteiger partial charge in [-0.15, -0.1) is 0 Å². The first-order valence-electron chi connectivity index (χ1n) is 8.28. The fourth-order valence-electron chi connectivity index (χ4n) is 3.01. The van der Waals surface area contributed by atoms with Gasteiger partial charge in [-0.3, -0.25) is 9.59 Å². The predicted molar refractivity (Wildman–Crippen MR) is 94.1 cm³/mol. The van der Waals surface area contributed by atoms with Gasteiger partial charge in [-0.1, -0.05) is 19.1 Å². The first kappa shape index (κ1) is 19.2. The summed E-state index contributed by atoms with van der Waals surface area (Å²) in [7, 11) is -3.10. The van der Waals surface area contributed by atoms with Crippen molar-refractivity contribution in [1.29, 1.82) is 0 Å². The number of carbonyl (C=O) groups excluding carboxylic acids is 2. The van der Waals surface area contributed by atoms with E-state index in [9.17, 15) is 18.0 Å². The molecule has 0 saturated carbocycles. The summed E-state index contributed by atoms with van der Waals surface area (Å²) in [5, 5.41) is 0. The second kappa shape index (κ2) is 7.86. The minimum Gasteiger partial charge on any atom is -0.483 e. The maximum absolute atomic E-state index is 12.7. The average molecular weight is 368 g/mol. The van der Waals surface area contributed by atoms with Crippen LogP contribution in [0.5, 0.6) is 5.75 Å². The van der Waals surface area contributed by atoms with Crippen molar-refractivity contribution in [2.45, 2.75) is 38.8 Å². The number of nitrogens with two attached hydrogens (primary N) is 1. The van der Waals surface area contributed by atoms with Gasteiger partial charge in [0.05, 0.1) is 17.1 Å². The van der Waals surface area contributed by atoms with Crippen LogP contribution in [0.1, 0.15) is 37.0 Å². The minimum atomic E-state index is -3.10. The van der Waals surface area contributed by atoms with Crippen LogP contribution in [0.25, 0.3) is 0 Å². The number of rotatable bonds is 7. The number of carbonyl (C=O) groups is 2. The maximum Gasteiger partial charge on any atom is 0.261 e. The van der Waals surface area contributed by atoms with E-state index in [0.29, 0.717) is 12.8 Å². The Balaban J connectivity index is 2.12. The number of para-hydroxylation sites is 1. The molecule has 2 N–H and O–H groups in total. The third-order valence-electron chi connectivity index (χ3n) is 4.46. The normalized spacial score (nSPS) is 20.0. The zero-order valence-corrected chi connectivity index (χ0v) is 15.3. The van der Waals surface area contributed by atoms with Gasteiger partial charge >= 0.3 is 0 Å². The number of primary amides is 1. The largest absolute Gasteiger partial charge is 0.483 e. The van der Waals surface area contributed by atoms with E-state index in [0.717, 1.165) is 0 Å². The quantitative estimate of drug-likeness (QED) is 0.772. The summed E-state index contributed by atoms with van der Waals surface area (Å²) in [6.45, 7) is 3.56. The summed E-state index contributed by atoms with van der Waals surface area (Å²) in [6, 6.07) is 6.01. The van der Waals surface area contributed by atoms with Gasteiger partial charge < -0.3 is 15.4 Å². The zero-order chi connectivity index (χ0) is 18.6. The van der Waals surface area contributed by atoms with Crippen LogP contribution in [-0.4, -0.2) is 55.3 Å². The highest BCUT2D eigenvalue weighted by Gasteiger charge is 2.36. The van der Waals surface area contributed by atoms with Crippen molar-refractivity contribution in [2.75, 3.05) is 18.1 Å². The molecule has 0 aromatic heterocycles. The van der Waals surface area contributed by atoms with Crippen LogP contribution in [0, 0.1) is 0 Å². The highest BCUT2D eigenvalue weighted by Crippen LogP contribution is 2.22. The SMILES string of the molecule is CC[C@@H](C)N(C(=O)COc1ccccc1C(N)=O)[C@@H]1CCS(=O)(=O)C1. The van der Waals surface area contributed by atoms with E-state index in [1.807, 2.05) is 13.8 Å². The highest BCUT2D eigenvalue weighted by atomic mass is 32.2. The highest BCUT2D eigenvalue weighted by molar-refractivity contribution is 7.91. The molecule has 2 rings (SSSR count). The Morgan fingerprint density at radius 2 is 2.04 bits per heavy atom. The number of amides is 2. The summed E-state index contributed by atoms with van der Waals surface area (Å²) in [4.78, 5) is 25.7. The van der Waals surface area contributed by atoms with Gasteiger partial charge in [0, 0.05) is 12.1 Å². The summed E-state index contributed by atoms with van der Waals surface area (Å²) in [5.41, 5.74) is 5.50. The van der Waals surface area contributed by atoms with Crippen molar-refractivity contribution < 1.29 is 22.7 Å². The summed E-state index contributed by atoms with van der Waals surface area (Å²) >= 11 is 0. The van der Waals surface area contributed by atoms with Crippen molar-refractivity contribution in [3.8, 4) is 5.75 Å². The molecule has 7 nitrogen and oxygen atoms in total. The van der Waals surface area contributed by atoms with Crippen molar-refractivity contribution in [1.82, 2.24) is 4.90 Å². The van der Waals surface area contributed by atoms with E-state index in [1.54, 1.807) is 23.1 Å². The molecule has 1 fully saturated rings.